The fourth-order valence-corrected chi connectivity index (χ4v) is 2.21. The average Bonchev–Trinajstić information content (AvgIpc) is 2.39. The molecular formula is C14H16FNO2S. The van der Waals surface area contributed by atoms with E-state index in [1.54, 1.807) is 13.0 Å². The summed E-state index contributed by atoms with van der Waals surface area (Å²) in [5, 5.41) is 0. The Bertz CT molecular complexity index is 494. The number of ether oxygens (including phenoxy) is 1. The van der Waals surface area contributed by atoms with Gasteiger partial charge in [-0.1, -0.05) is 17.9 Å². The van der Waals surface area contributed by atoms with Crippen LogP contribution in [0.15, 0.2) is 18.2 Å². The molecule has 0 aliphatic carbocycles. The Morgan fingerprint density at radius 3 is 3.00 bits per heavy atom. The van der Waals surface area contributed by atoms with E-state index >= 15 is 0 Å². The van der Waals surface area contributed by atoms with Gasteiger partial charge in [0.15, 0.2) is 0 Å². The van der Waals surface area contributed by atoms with Crippen LogP contribution in [0.3, 0.4) is 0 Å². The summed E-state index contributed by atoms with van der Waals surface area (Å²) in [7, 11) is 0. The van der Waals surface area contributed by atoms with Crippen LogP contribution in [0.5, 0.6) is 0 Å². The van der Waals surface area contributed by atoms with E-state index in [0.717, 1.165) is 5.56 Å². The molecule has 0 radical (unpaired) electrons. The van der Waals surface area contributed by atoms with E-state index < -0.39 is 0 Å². The van der Waals surface area contributed by atoms with Crippen molar-refractivity contribution < 1.29 is 13.9 Å². The van der Waals surface area contributed by atoms with Gasteiger partial charge in [-0.25, -0.2) is 4.39 Å². The number of hydrogen-bond donors (Lipinski definition) is 1. The highest BCUT2D eigenvalue weighted by molar-refractivity contribution is 7.99. The zero-order valence-electron chi connectivity index (χ0n) is 10.7. The lowest BCUT2D eigenvalue weighted by atomic mass is 10.1. The minimum absolute atomic E-state index is 0.228. The number of halogens is 1. The SMILES string of the molecule is CCOC(=O)CSCc1ccc(F)cc1C#CCN. The smallest absolute Gasteiger partial charge is 0.315 e. The summed E-state index contributed by atoms with van der Waals surface area (Å²) in [6, 6.07) is 4.44. The molecule has 0 saturated carbocycles. The molecule has 0 aliphatic rings. The van der Waals surface area contributed by atoms with Gasteiger partial charge in [-0.15, -0.1) is 11.8 Å². The van der Waals surface area contributed by atoms with E-state index in [-0.39, 0.29) is 24.1 Å². The van der Waals surface area contributed by atoms with Crippen molar-refractivity contribution in [2.24, 2.45) is 5.73 Å². The summed E-state index contributed by atoms with van der Waals surface area (Å²) >= 11 is 1.41. The molecule has 5 heteroatoms. The fourth-order valence-electron chi connectivity index (χ4n) is 1.38. The first-order valence-corrected chi connectivity index (χ1v) is 7.03. The summed E-state index contributed by atoms with van der Waals surface area (Å²) < 4.78 is 18.0. The predicted octanol–water partition coefficient (Wildman–Crippen LogP) is 1.93. The predicted molar refractivity (Wildman–Crippen MR) is 75.1 cm³/mol. The molecule has 102 valence electrons. The topological polar surface area (TPSA) is 52.3 Å². The normalized spacial score (nSPS) is 9.63. The Morgan fingerprint density at radius 1 is 1.53 bits per heavy atom. The molecule has 0 atom stereocenters. The Morgan fingerprint density at radius 2 is 2.32 bits per heavy atom. The highest BCUT2D eigenvalue weighted by Crippen LogP contribution is 2.17. The standard InChI is InChI=1S/C14H16FNO2S/c1-2-18-14(17)10-19-9-12-5-6-13(15)8-11(12)4-3-7-16/h5-6,8H,2,7,9-10,16H2,1H3. The van der Waals surface area contributed by atoms with Gasteiger partial charge in [0.25, 0.3) is 0 Å². The van der Waals surface area contributed by atoms with Gasteiger partial charge < -0.3 is 10.5 Å². The van der Waals surface area contributed by atoms with Gasteiger partial charge in [0.05, 0.1) is 18.9 Å². The van der Waals surface area contributed by atoms with Crippen LogP contribution in [-0.4, -0.2) is 24.9 Å². The lowest BCUT2D eigenvalue weighted by molar-refractivity contribution is -0.139. The van der Waals surface area contributed by atoms with Crippen molar-refractivity contribution in [3.05, 3.63) is 35.1 Å². The third-order valence-electron chi connectivity index (χ3n) is 2.18. The quantitative estimate of drug-likeness (QED) is 0.662. The van der Waals surface area contributed by atoms with Gasteiger partial charge in [-0.2, -0.15) is 0 Å². The molecule has 1 aromatic carbocycles. The van der Waals surface area contributed by atoms with Crippen molar-refractivity contribution in [1.29, 1.82) is 0 Å². The molecule has 0 fully saturated rings. The van der Waals surface area contributed by atoms with Crippen molar-refractivity contribution in [2.45, 2.75) is 12.7 Å². The molecule has 0 aromatic heterocycles. The van der Waals surface area contributed by atoms with Gasteiger partial charge in [-0.05, 0) is 24.6 Å². The molecule has 0 unspecified atom stereocenters. The first-order valence-electron chi connectivity index (χ1n) is 5.88. The van der Waals surface area contributed by atoms with Crippen LogP contribution in [0.2, 0.25) is 0 Å². The molecule has 0 amide bonds. The number of benzene rings is 1. The van der Waals surface area contributed by atoms with E-state index in [9.17, 15) is 9.18 Å². The van der Waals surface area contributed by atoms with Crippen LogP contribution in [0.25, 0.3) is 0 Å². The summed E-state index contributed by atoms with van der Waals surface area (Å²) in [5.41, 5.74) is 6.80. The lowest BCUT2D eigenvalue weighted by Gasteiger charge is -2.05. The third kappa shape index (κ3) is 5.77. The summed E-state index contributed by atoms with van der Waals surface area (Å²) in [4.78, 5) is 11.2. The zero-order chi connectivity index (χ0) is 14.1. The number of carbonyl (C=O) groups is 1. The van der Waals surface area contributed by atoms with Crippen molar-refractivity contribution in [1.82, 2.24) is 0 Å². The Kier molecular flexibility index (Phi) is 7.01. The molecule has 0 heterocycles. The van der Waals surface area contributed by atoms with E-state index in [0.29, 0.717) is 17.9 Å². The van der Waals surface area contributed by atoms with Crippen LogP contribution in [0.1, 0.15) is 18.1 Å². The molecule has 19 heavy (non-hydrogen) atoms. The van der Waals surface area contributed by atoms with Crippen LogP contribution in [0, 0.1) is 17.7 Å². The van der Waals surface area contributed by atoms with Crippen LogP contribution in [0.4, 0.5) is 4.39 Å². The highest BCUT2D eigenvalue weighted by atomic mass is 32.2. The monoisotopic (exact) mass is 281 g/mol. The molecular weight excluding hydrogens is 265 g/mol. The Labute approximate surface area is 116 Å². The van der Waals surface area contributed by atoms with Crippen molar-refractivity contribution in [3.8, 4) is 11.8 Å². The zero-order valence-corrected chi connectivity index (χ0v) is 11.6. The summed E-state index contributed by atoms with van der Waals surface area (Å²) in [6.45, 7) is 2.37. The second-order valence-electron chi connectivity index (χ2n) is 3.61. The van der Waals surface area contributed by atoms with Crippen molar-refractivity contribution in [3.63, 3.8) is 0 Å². The van der Waals surface area contributed by atoms with Crippen LogP contribution in [-0.2, 0) is 15.3 Å². The van der Waals surface area contributed by atoms with Crippen molar-refractivity contribution >= 4 is 17.7 Å². The van der Waals surface area contributed by atoms with E-state index in [4.69, 9.17) is 10.5 Å². The summed E-state index contributed by atoms with van der Waals surface area (Å²) in [6.07, 6.45) is 0. The number of esters is 1. The fraction of sp³-hybridized carbons (Fsp3) is 0.357. The maximum Gasteiger partial charge on any atom is 0.315 e. The molecule has 1 rings (SSSR count). The maximum absolute atomic E-state index is 13.1. The van der Waals surface area contributed by atoms with E-state index in [2.05, 4.69) is 11.8 Å². The minimum Gasteiger partial charge on any atom is -0.465 e. The second-order valence-corrected chi connectivity index (χ2v) is 4.59. The number of carbonyl (C=O) groups excluding carboxylic acids is 1. The maximum atomic E-state index is 13.1. The Balaban J connectivity index is 2.64. The molecule has 1 aromatic rings. The van der Waals surface area contributed by atoms with Gasteiger partial charge in [0, 0.05) is 11.3 Å². The van der Waals surface area contributed by atoms with Gasteiger partial charge in [0.1, 0.15) is 5.82 Å². The first kappa shape index (κ1) is 15.5. The molecule has 2 N–H and O–H groups in total. The number of rotatable bonds is 5. The molecule has 3 nitrogen and oxygen atoms in total. The van der Waals surface area contributed by atoms with Crippen LogP contribution < -0.4 is 5.73 Å². The molecule has 0 saturated heterocycles. The van der Waals surface area contributed by atoms with Gasteiger partial charge >= 0.3 is 5.97 Å². The molecule has 0 spiro atoms. The lowest BCUT2D eigenvalue weighted by Crippen LogP contribution is -2.06. The number of thioether (sulfide) groups is 1. The second kappa shape index (κ2) is 8.57. The average molecular weight is 281 g/mol. The van der Waals surface area contributed by atoms with Gasteiger partial charge in [0.2, 0.25) is 0 Å². The number of nitrogens with two attached hydrogens (primary N) is 1. The molecule has 0 bridgehead atoms. The van der Waals surface area contributed by atoms with Crippen LogP contribution >= 0.6 is 11.8 Å². The highest BCUT2D eigenvalue weighted by Gasteiger charge is 2.05. The van der Waals surface area contributed by atoms with E-state index in [1.165, 1.54) is 23.9 Å². The minimum atomic E-state index is -0.333. The molecule has 0 aliphatic heterocycles. The van der Waals surface area contributed by atoms with Gasteiger partial charge in [-0.3, -0.25) is 4.79 Å². The largest absolute Gasteiger partial charge is 0.465 e. The number of hydrogen-bond acceptors (Lipinski definition) is 4. The Hall–Kier alpha value is -1.51. The van der Waals surface area contributed by atoms with Crippen molar-refractivity contribution in [2.75, 3.05) is 18.9 Å². The first-order chi connectivity index (χ1) is 9.17. The summed E-state index contributed by atoms with van der Waals surface area (Å²) in [5.74, 6) is 5.81. The third-order valence-corrected chi connectivity index (χ3v) is 3.13. The van der Waals surface area contributed by atoms with E-state index in [1.807, 2.05) is 0 Å².